The highest BCUT2D eigenvalue weighted by Gasteiger charge is 2.27. The van der Waals surface area contributed by atoms with Gasteiger partial charge in [0, 0.05) is 17.9 Å². The summed E-state index contributed by atoms with van der Waals surface area (Å²) in [5.41, 5.74) is -0.604. The molecule has 0 aliphatic carbocycles. The second kappa shape index (κ2) is 33.7. The molecule has 0 fully saturated rings. The normalized spacial score (nSPS) is 13.1. The van der Waals surface area contributed by atoms with E-state index in [4.69, 9.17) is 4.74 Å². The number of amides is 1. The average molecular weight is 684 g/mol. The maximum atomic E-state index is 12.9. The van der Waals surface area contributed by atoms with Gasteiger partial charge in [0.25, 0.3) is 0 Å². The molecule has 0 aromatic heterocycles. The summed E-state index contributed by atoms with van der Waals surface area (Å²) in [4.78, 5) is 25.6. The van der Waals surface area contributed by atoms with Crippen molar-refractivity contribution in [3.63, 3.8) is 0 Å². The Morgan fingerprint density at radius 3 is 1.32 bits per heavy atom. The Labute approximate surface area is 297 Å². The SMILES string of the molecule is CCCCCCCCCCCCCCCCC(O)CSC[C@H](NC(=O)CCCCCCCCCCCCCCC)C(=O)OC(C)(C)C. The molecule has 0 rings (SSSR count). The number of ether oxygens (including phenoxy) is 1. The number of aliphatic hydroxyl groups excluding tert-OH is 1. The fourth-order valence-electron chi connectivity index (χ4n) is 6.09. The molecule has 5 nitrogen and oxygen atoms in total. The van der Waals surface area contributed by atoms with E-state index in [0.717, 1.165) is 25.7 Å². The molecule has 0 heterocycles. The van der Waals surface area contributed by atoms with Gasteiger partial charge in [-0.3, -0.25) is 4.79 Å². The topological polar surface area (TPSA) is 75.6 Å². The third kappa shape index (κ3) is 34.9. The van der Waals surface area contributed by atoms with E-state index in [9.17, 15) is 14.7 Å². The largest absolute Gasteiger partial charge is 0.458 e. The van der Waals surface area contributed by atoms with Gasteiger partial charge in [-0.25, -0.2) is 4.79 Å². The summed E-state index contributed by atoms with van der Waals surface area (Å²) in [6.07, 6.45) is 36.1. The van der Waals surface area contributed by atoms with E-state index >= 15 is 0 Å². The van der Waals surface area contributed by atoms with Gasteiger partial charge in [-0.2, -0.15) is 11.8 Å². The predicted octanol–water partition coefficient (Wildman–Crippen LogP) is 12.3. The summed E-state index contributed by atoms with van der Waals surface area (Å²) in [6.45, 7) is 10.1. The van der Waals surface area contributed by atoms with Crippen LogP contribution in [0.4, 0.5) is 0 Å². The lowest BCUT2D eigenvalue weighted by Crippen LogP contribution is -2.45. The van der Waals surface area contributed by atoms with Crippen molar-refractivity contribution in [2.45, 2.75) is 239 Å². The number of rotatable bonds is 35. The van der Waals surface area contributed by atoms with Gasteiger partial charge in [0.05, 0.1) is 6.10 Å². The van der Waals surface area contributed by atoms with Crippen LogP contribution in [0.25, 0.3) is 0 Å². The number of aliphatic hydroxyl groups is 1. The monoisotopic (exact) mass is 684 g/mol. The van der Waals surface area contributed by atoms with Gasteiger partial charge >= 0.3 is 5.97 Å². The van der Waals surface area contributed by atoms with E-state index in [1.54, 1.807) is 0 Å². The van der Waals surface area contributed by atoms with Crippen molar-refractivity contribution in [3.05, 3.63) is 0 Å². The molecular weight excluding hydrogens is 603 g/mol. The first-order valence-corrected chi connectivity index (χ1v) is 21.6. The van der Waals surface area contributed by atoms with E-state index in [1.807, 2.05) is 20.8 Å². The van der Waals surface area contributed by atoms with Gasteiger partial charge in [0.15, 0.2) is 0 Å². The van der Waals surface area contributed by atoms with Crippen LogP contribution < -0.4 is 5.32 Å². The van der Waals surface area contributed by atoms with E-state index in [1.165, 1.54) is 166 Å². The molecule has 0 saturated carbocycles. The Morgan fingerprint density at radius 1 is 0.574 bits per heavy atom. The standard InChI is InChI=1S/C41H81NO4S/c1-6-8-10-12-14-16-18-20-22-23-25-27-29-31-33-37(43)35-47-36-38(40(45)46-41(3,4)5)42-39(44)34-32-30-28-26-24-21-19-17-15-13-11-9-7-2/h37-38,43H,6-36H2,1-5H3,(H,42,44)/t37?,38-/m0/s1. The number of hydrogen-bond acceptors (Lipinski definition) is 5. The minimum absolute atomic E-state index is 0.0764. The van der Waals surface area contributed by atoms with Crippen LogP contribution in [-0.2, 0) is 14.3 Å². The van der Waals surface area contributed by atoms with Crippen LogP contribution in [0.2, 0.25) is 0 Å². The second-order valence-electron chi connectivity index (χ2n) is 15.2. The Balaban J connectivity index is 4.02. The summed E-state index contributed by atoms with van der Waals surface area (Å²) in [5, 5.41) is 13.5. The first kappa shape index (κ1) is 46.2. The van der Waals surface area contributed by atoms with Gasteiger partial charge < -0.3 is 15.2 Å². The van der Waals surface area contributed by atoms with Gasteiger partial charge in [0.1, 0.15) is 11.6 Å². The molecule has 0 spiro atoms. The van der Waals surface area contributed by atoms with Crippen molar-refractivity contribution in [2.24, 2.45) is 0 Å². The Bertz CT molecular complexity index is 695. The molecule has 0 aliphatic heterocycles. The number of hydrogen-bond donors (Lipinski definition) is 2. The first-order chi connectivity index (χ1) is 22.7. The average Bonchev–Trinajstić information content (AvgIpc) is 3.02. The van der Waals surface area contributed by atoms with Crippen LogP contribution in [0.5, 0.6) is 0 Å². The molecule has 1 amide bonds. The van der Waals surface area contributed by atoms with Crippen LogP contribution in [0, 0.1) is 0 Å². The minimum atomic E-state index is -0.679. The summed E-state index contributed by atoms with van der Waals surface area (Å²) in [6, 6.07) is -0.679. The fourth-order valence-corrected chi connectivity index (χ4v) is 7.12. The molecule has 2 atom stereocenters. The Kier molecular flexibility index (Phi) is 33.2. The fraction of sp³-hybridized carbons (Fsp3) is 0.951. The smallest absolute Gasteiger partial charge is 0.330 e. The van der Waals surface area contributed by atoms with Crippen LogP contribution in [0.15, 0.2) is 0 Å². The molecule has 280 valence electrons. The molecule has 0 aromatic carbocycles. The zero-order chi connectivity index (χ0) is 34.9. The molecule has 0 saturated heterocycles. The molecule has 0 radical (unpaired) electrons. The highest BCUT2D eigenvalue weighted by Crippen LogP contribution is 2.17. The lowest BCUT2D eigenvalue weighted by atomic mass is 10.0. The quantitative estimate of drug-likeness (QED) is 0.0513. The molecule has 0 bridgehead atoms. The maximum Gasteiger partial charge on any atom is 0.330 e. The number of carbonyl (C=O) groups excluding carboxylic acids is 2. The van der Waals surface area contributed by atoms with E-state index < -0.39 is 11.6 Å². The van der Waals surface area contributed by atoms with Crippen molar-refractivity contribution in [1.82, 2.24) is 5.32 Å². The van der Waals surface area contributed by atoms with E-state index in [2.05, 4.69) is 19.2 Å². The second-order valence-corrected chi connectivity index (χ2v) is 16.3. The molecule has 0 aliphatic rings. The predicted molar refractivity (Wildman–Crippen MR) is 206 cm³/mol. The summed E-state index contributed by atoms with van der Waals surface area (Å²) >= 11 is 1.53. The van der Waals surface area contributed by atoms with Gasteiger partial charge in [-0.05, 0) is 33.6 Å². The zero-order valence-corrected chi connectivity index (χ0v) is 33.0. The number of esters is 1. The number of thioether (sulfide) groups is 1. The van der Waals surface area contributed by atoms with Crippen molar-refractivity contribution >= 4 is 23.6 Å². The zero-order valence-electron chi connectivity index (χ0n) is 32.2. The lowest BCUT2D eigenvalue weighted by Gasteiger charge is -2.24. The molecule has 47 heavy (non-hydrogen) atoms. The number of nitrogens with one attached hydrogen (secondary N) is 1. The third-order valence-corrected chi connectivity index (χ3v) is 10.2. The van der Waals surface area contributed by atoms with E-state index in [-0.39, 0.29) is 18.0 Å². The van der Waals surface area contributed by atoms with Crippen molar-refractivity contribution < 1.29 is 19.4 Å². The Hall–Kier alpha value is -0.750. The van der Waals surface area contributed by atoms with Gasteiger partial charge in [-0.15, -0.1) is 0 Å². The molecule has 6 heteroatoms. The van der Waals surface area contributed by atoms with Crippen LogP contribution >= 0.6 is 11.8 Å². The highest BCUT2D eigenvalue weighted by molar-refractivity contribution is 7.99. The van der Waals surface area contributed by atoms with E-state index in [0.29, 0.717) is 17.9 Å². The maximum absolute atomic E-state index is 12.9. The molecule has 0 aromatic rings. The first-order valence-electron chi connectivity index (χ1n) is 20.5. The summed E-state index contributed by atoms with van der Waals surface area (Å²) in [5.74, 6) is 0.541. The molecular formula is C41H81NO4S. The summed E-state index contributed by atoms with van der Waals surface area (Å²) < 4.78 is 5.61. The van der Waals surface area contributed by atoms with Gasteiger partial charge in [0.2, 0.25) is 5.91 Å². The lowest BCUT2D eigenvalue weighted by molar-refractivity contribution is -0.157. The Morgan fingerprint density at radius 2 is 0.936 bits per heavy atom. The van der Waals surface area contributed by atoms with Crippen molar-refractivity contribution in [2.75, 3.05) is 11.5 Å². The number of unbranched alkanes of at least 4 members (excludes halogenated alkanes) is 25. The van der Waals surface area contributed by atoms with Gasteiger partial charge in [-0.1, -0.05) is 181 Å². The number of carbonyl (C=O) groups is 2. The van der Waals surface area contributed by atoms with Crippen LogP contribution in [-0.4, -0.2) is 46.2 Å². The van der Waals surface area contributed by atoms with Crippen LogP contribution in [0.3, 0.4) is 0 Å². The highest BCUT2D eigenvalue weighted by atomic mass is 32.2. The molecule has 2 N–H and O–H groups in total. The minimum Gasteiger partial charge on any atom is -0.458 e. The van der Waals surface area contributed by atoms with Crippen molar-refractivity contribution in [3.8, 4) is 0 Å². The van der Waals surface area contributed by atoms with Crippen LogP contribution in [0.1, 0.15) is 221 Å². The third-order valence-electron chi connectivity index (χ3n) is 9.02. The van der Waals surface area contributed by atoms with Crippen molar-refractivity contribution in [1.29, 1.82) is 0 Å². The summed E-state index contributed by atoms with van der Waals surface area (Å²) in [7, 11) is 0. The molecule has 1 unspecified atom stereocenters.